The van der Waals surface area contributed by atoms with Gasteiger partial charge in [0.1, 0.15) is 5.75 Å². The Labute approximate surface area is 123 Å². The molecule has 1 N–H and O–H groups in total. The maximum absolute atomic E-state index is 12.0. The molecule has 1 heterocycles. The highest BCUT2D eigenvalue weighted by molar-refractivity contribution is 7.89. The molecule has 7 heteroatoms. The van der Waals surface area contributed by atoms with Gasteiger partial charge in [0.15, 0.2) is 0 Å². The number of nitrogens with one attached hydrogen (secondary N) is 1. The third-order valence-corrected chi connectivity index (χ3v) is 3.75. The van der Waals surface area contributed by atoms with Crippen LogP contribution in [0.3, 0.4) is 0 Å². The summed E-state index contributed by atoms with van der Waals surface area (Å²) in [6, 6.07) is 9.63. The molecule has 1 aromatic heterocycles. The quantitative estimate of drug-likeness (QED) is 0.652. The molecular formula is C14H15N3O3S. The molecule has 0 radical (unpaired) electrons. The van der Waals surface area contributed by atoms with Crippen LogP contribution in [0.4, 0.5) is 0 Å². The number of nitrogens with zero attached hydrogens (tertiary/aromatic N) is 2. The second-order valence-electron chi connectivity index (χ2n) is 4.04. The van der Waals surface area contributed by atoms with E-state index in [1.165, 1.54) is 18.3 Å². The molecule has 0 unspecified atom stereocenters. The van der Waals surface area contributed by atoms with Crippen molar-refractivity contribution in [1.29, 1.82) is 0 Å². The van der Waals surface area contributed by atoms with Crippen molar-refractivity contribution in [1.82, 2.24) is 9.82 Å². The minimum atomic E-state index is -3.69. The molecule has 0 atom stereocenters. The predicted octanol–water partition coefficient (Wildman–Crippen LogP) is 1.79. The standard InChI is InChI=1S/C14H15N3O3S/c1-2-20-13-5-7-14(8-6-13)21(18,19)17-16-11-12-4-3-9-15-10-12/h3-11,17H,2H2,1H3. The van der Waals surface area contributed by atoms with Gasteiger partial charge in [-0.05, 0) is 37.3 Å². The van der Waals surface area contributed by atoms with E-state index in [0.29, 0.717) is 17.9 Å². The van der Waals surface area contributed by atoms with E-state index in [4.69, 9.17) is 4.74 Å². The van der Waals surface area contributed by atoms with Crippen molar-refractivity contribution >= 4 is 16.2 Å². The summed E-state index contributed by atoms with van der Waals surface area (Å²) < 4.78 is 29.3. The highest BCUT2D eigenvalue weighted by Gasteiger charge is 2.12. The second-order valence-corrected chi connectivity index (χ2v) is 5.70. The summed E-state index contributed by atoms with van der Waals surface area (Å²) in [5.74, 6) is 0.621. The van der Waals surface area contributed by atoms with Crippen LogP contribution in [0, 0.1) is 0 Å². The SMILES string of the molecule is CCOc1ccc(S(=O)(=O)NN=Cc2cccnc2)cc1. The fourth-order valence-corrected chi connectivity index (χ4v) is 2.35. The van der Waals surface area contributed by atoms with Gasteiger partial charge in [0.2, 0.25) is 0 Å². The number of sulfonamides is 1. The minimum Gasteiger partial charge on any atom is -0.494 e. The maximum atomic E-state index is 12.0. The number of pyridine rings is 1. The molecule has 0 aliphatic rings. The van der Waals surface area contributed by atoms with E-state index < -0.39 is 10.0 Å². The normalized spacial score (nSPS) is 11.5. The van der Waals surface area contributed by atoms with E-state index >= 15 is 0 Å². The highest BCUT2D eigenvalue weighted by Crippen LogP contribution is 2.15. The molecule has 0 fully saturated rings. The molecule has 0 saturated heterocycles. The van der Waals surface area contributed by atoms with Crippen molar-refractivity contribution in [2.75, 3.05) is 6.61 Å². The number of hydrogen-bond acceptors (Lipinski definition) is 5. The van der Waals surface area contributed by atoms with Crippen molar-refractivity contribution in [3.63, 3.8) is 0 Å². The number of aromatic nitrogens is 1. The average molecular weight is 305 g/mol. The van der Waals surface area contributed by atoms with Crippen LogP contribution in [0.25, 0.3) is 0 Å². The smallest absolute Gasteiger partial charge is 0.276 e. The third-order valence-electron chi connectivity index (χ3n) is 2.52. The van der Waals surface area contributed by atoms with Crippen LogP contribution in [-0.4, -0.2) is 26.2 Å². The molecule has 6 nitrogen and oxygen atoms in total. The molecule has 2 aromatic rings. The van der Waals surface area contributed by atoms with Crippen molar-refractivity contribution in [3.8, 4) is 5.75 Å². The summed E-state index contributed by atoms with van der Waals surface area (Å²) in [6.07, 6.45) is 4.59. The van der Waals surface area contributed by atoms with Crippen LogP contribution in [0.1, 0.15) is 12.5 Å². The van der Waals surface area contributed by atoms with Crippen LogP contribution in [0.5, 0.6) is 5.75 Å². The van der Waals surface area contributed by atoms with Crippen molar-refractivity contribution in [2.45, 2.75) is 11.8 Å². The fourth-order valence-electron chi connectivity index (χ4n) is 1.56. The maximum Gasteiger partial charge on any atom is 0.276 e. The van der Waals surface area contributed by atoms with Gasteiger partial charge in [-0.2, -0.15) is 13.5 Å². The summed E-state index contributed by atoms with van der Waals surface area (Å²) in [5, 5.41) is 3.71. The topological polar surface area (TPSA) is 80.7 Å². The second kappa shape index (κ2) is 6.85. The van der Waals surface area contributed by atoms with Crippen LogP contribution in [0.2, 0.25) is 0 Å². The Morgan fingerprint density at radius 1 is 1.29 bits per heavy atom. The lowest BCUT2D eigenvalue weighted by atomic mass is 10.3. The van der Waals surface area contributed by atoms with E-state index in [1.807, 2.05) is 6.92 Å². The Morgan fingerprint density at radius 3 is 2.67 bits per heavy atom. The summed E-state index contributed by atoms with van der Waals surface area (Å²) in [6.45, 7) is 2.39. The molecule has 1 aromatic carbocycles. The van der Waals surface area contributed by atoms with Gasteiger partial charge in [0, 0.05) is 18.0 Å². The molecule has 0 amide bonds. The van der Waals surface area contributed by atoms with E-state index in [2.05, 4.69) is 14.9 Å². The molecular weight excluding hydrogens is 290 g/mol. The monoisotopic (exact) mass is 305 g/mol. The van der Waals surface area contributed by atoms with E-state index in [0.717, 1.165) is 0 Å². The fraction of sp³-hybridized carbons (Fsp3) is 0.143. The Morgan fingerprint density at radius 2 is 2.05 bits per heavy atom. The minimum absolute atomic E-state index is 0.120. The Bertz CT molecular complexity index is 698. The largest absolute Gasteiger partial charge is 0.494 e. The summed E-state index contributed by atoms with van der Waals surface area (Å²) >= 11 is 0. The lowest BCUT2D eigenvalue weighted by Crippen LogP contribution is -2.18. The van der Waals surface area contributed by atoms with Crippen LogP contribution in [-0.2, 0) is 10.0 Å². The number of hydrazone groups is 1. The molecule has 0 aliphatic carbocycles. The Balaban J connectivity index is 2.06. The van der Waals surface area contributed by atoms with Gasteiger partial charge >= 0.3 is 0 Å². The molecule has 21 heavy (non-hydrogen) atoms. The number of ether oxygens (including phenoxy) is 1. The number of hydrogen-bond donors (Lipinski definition) is 1. The first-order valence-corrected chi connectivity index (χ1v) is 7.78. The number of benzene rings is 1. The van der Waals surface area contributed by atoms with Gasteiger partial charge in [0.05, 0.1) is 17.7 Å². The third kappa shape index (κ3) is 4.28. The van der Waals surface area contributed by atoms with Gasteiger partial charge in [-0.15, -0.1) is 0 Å². The summed E-state index contributed by atoms with van der Waals surface area (Å²) in [7, 11) is -3.69. The molecule has 110 valence electrons. The summed E-state index contributed by atoms with van der Waals surface area (Å²) in [5.41, 5.74) is 0.701. The molecule has 2 rings (SSSR count). The van der Waals surface area contributed by atoms with E-state index in [9.17, 15) is 8.42 Å². The average Bonchev–Trinajstić information content (AvgIpc) is 2.49. The first-order valence-electron chi connectivity index (χ1n) is 6.29. The van der Waals surface area contributed by atoms with E-state index in [-0.39, 0.29) is 4.90 Å². The molecule has 0 spiro atoms. The first-order chi connectivity index (χ1) is 10.1. The first kappa shape index (κ1) is 15.0. The predicted molar refractivity (Wildman–Crippen MR) is 79.8 cm³/mol. The Kier molecular flexibility index (Phi) is 4.89. The van der Waals surface area contributed by atoms with Gasteiger partial charge in [-0.25, -0.2) is 4.83 Å². The van der Waals surface area contributed by atoms with Gasteiger partial charge in [-0.3, -0.25) is 4.98 Å². The zero-order chi connectivity index (χ0) is 15.1. The zero-order valence-corrected chi connectivity index (χ0v) is 12.2. The summed E-state index contributed by atoms with van der Waals surface area (Å²) in [4.78, 5) is 6.17. The van der Waals surface area contributed by atoms with Gasteiger partial charge in [-0.1, -0.05) is 6.07 Å². The Hall–Kier alpha value is -2.41. The van der Waals surface area contributed by atoms with Crippen LogP contribution >= 0.6 is 0 Å². The van der Waals surface area contributed by atoms with Crippen molar-refractivity contribution < 1.29 is 13.2 Å². The number of rotatable bonds is 6. The van der Waals surface area contributed by atoms with Crippen LogP contribution < -0.4 is 9.57 Å². The van der Waals surface area contributed by atoms with Crippen molar-refractivity contribution in [3.05, 3.63) is 54.4 Å². The molecule has 0 saturated carbocycles. The van der Waals surface area contributed by atoms with Gasteiger partial charge < -0.3 is 4.74 Å². The van der Waals surface area contributed by atoms with Crippen molar-refractivity contribution in [2.24, 2.45) is 5.10 Å². The van der Waals surface area contributed by atoms with Crippen LogP contribution in [0.15, 0.2) is 58.8 Å². The lowest BCUT2D eigenvalue weighted by molar-refractivity contribution is 0.340. The zero-order valence-electron chi connectivity index (χ0n) is 11.4. The van der Waals surface area contributed by atoms with E-state index in [1.54, 1.807) is 36.7 Å². The molecule has 0 bridgehead atoms. The highest BCUT2D eigenvalue weighted by atomic mass is 32.2. The molecule has 0 aliphatic heterocycles. The lowest BCUT2D eigenvalue weighted by Gasteiger charge is -2.05. The van der Waals surface area contributed by atoms with Gasteiger partial charge in [0.25, 0.3) is 10.0 Å².